The number of rotatable bonds is 5. The molecule has 4 nitrogen and oxygen atoms in total. The van der Waals surface area contributed by atoms with Crippen molar-refractivity contribution in [2.75, 3.05) is 20.3 Å². The van der Waals surface area contributed by atoms with E-state index < -0.39 is 0 Å². The fourth-order valence-corrected chi connectivity index (χ4v) is 3.02. The maximum atomic E-state index is 10.1. The van der Waals surface area contributed by atoms with Crippen molar-refractivity contribution in [3.05, 3.63) is 17.7 Å². The second-order valence-corrected chi connectivity index (χ2v) is 5.15. The number of methoxy groups -OCH3 is 1. The minimum atomic E-state index is -0.0183. The zero-order chi connectivity index (χ0) is 13.9. The van der Waals surface area contributed by atoms with Gasteiger partial charge in [-0.2, -0.15) is 0 Å². The van der Waals surface area contributed by atoms with Crippen LogP contribution >= 0.6 is 0 Å². The summed E-state index contributed by atoms with van der Waals surface area (Å²) in [6, 6.07) is 3.75. The highest BCUT2D eigenvalue weighted by Gasteiger charge is 2.35. The van der Waals surface area contributed by atoms with Gasteiger partial charge in [0.25, 0.3) is 0 Å². The Balaban J connectivity index is 2.46. The second kappa shape index (κ2) is 5.70. The Morgan fingerprint density at radius 2 is 2.00 bits per heavy atom. The lowest BCUT2D eigenvalue weighted by Gasteiger charge is -2.29. The van der Waals surface area contributed by atoms with Gasteiger partial charge in [-0.05, 0) is 37.5 Å². The minimum absolute atomic E-state index is 0.0183. The highest BCUT2D eigenvalue weighted by molar-refractivity contribution is 5.54. The van der Waals surface area contributed by atoms with Gasteiger partial charge in [0.05, 0.1) is 13.7 Å². The van der Waals surface area contributed by atoms with Crippen LogP contribution in [0, 0.1) is 0 Å². The maximum Gasteiger partial charge on any atom is 0.203 e. The Kier molecular flexibility index (Phi) is 4.20. The molecule has 1 aromatic rings. The summed E-state index contributed by atoms with van der Waals surface area (Å²) in [7, 11) is 1.53. The average Bonchev–Trinajstić information content (AvgIpc) is 2.89. The number of nitrogens with two attached hydrogens (primary N) is 1. The second-order valence-electron chi connectivity index (χ2n) is 5.15. The average molecular weight is 265 g/mol. The monoisotopic (exact) mass is 265 g/mol. The van der Waals surface area contributed by atoms with E-state index in [1.165, 1.54) is 20.0 Å². The van der Waals surface area contributed by atoms with Crippen LogP contribution in [0.2, 0.25) is 0 Å². The Morgan fingerprint density at radius 1 is 1.32 bits per heavy atom. The summed E-state index contributed by atoms with van der Waals surface area (Å²) in [6.45, 7) is 3.05. The predicted molar refractivity (Wildman–Crippen MR) is 75.0 cm³/mol. The van der Waals surface area contributed by atoms with E-state index in [0.717, 1.165) is 18.4 Å². The molecule has 4 heteroatoms. The summed E-state index contributed by atoms with van der Waals surface area (Å²) in [6.07, 6.45) is 4.52. The van der Waals surface area contributed by atoms with Crippen molar-refractivity contribution < 1.29 is 14.6 Å². The first-order valence-corrected chi connectivity index (χ1v) is 6.91. The zero-order valence-electron chi connectivity index (χ0n) is 11.7. The Labute approximate surface area is 114 Å². The lowest BCUT2D eigenvalue weighted by atomic mass is 9.79. The summed E-state index contributed by atoms with van der Waals surface area (Å²) in [5, 5.41) is 10.1. The molecule has 0 spiro atoms. The molecule has 1 aliphatic rings. The van der Waals surface area contributed by atoms with Crippen molar-refractivity contribution in [3.8, 4) is 17.2 Å². The predicted octanol–water partition coefficient (Wildman–Crippen LogP) is 2.57. The number of phenols is 1. The quantitative estimate of drug-likeness (QED) is 0.858. The highest BCUT2D eigenvalue weighted by atomic mass is 16.5. The van der Waals surface area contributed by atoms with E-state index in [9.17, 15) is 5.11 Å². The number of hydrogen-bond acceptors (Lipinski definition) is 4. The summed E-state index contributed by atoms with van der Waals surface area (Å²) in [5.74, 6) is 1.12. The standard InChI is InChI=1S/C15H23NO3/c1-3-19-13-9-11(8-12(17)14(13)18-2)15(10-16)6-4-5-7-15/h8-9,17H,3-7,10,16H2,1-2H3. The first kappa shape index (κ1) is 14.0. The van der Waals surface area contributed by atoms with E-state index in [0.29, 0.717) is 24.7 Å². The molecule has 0 aliphatic heterocycles. The normalized spacial score (nSPS) is 17.4. The van der Waals surface area contributed by atoms with Gasteiger partial charge in [-0.1, -0.05) is 12.8 Å². The van der Waals surface area contributed by atoms with E-state index in [-0.39, 0.29) is 11.2 Å². The van der Waals surface area contributed by atoms with Crippen LogP contribution in [0.25, 0.3) is 0 Å². The van der Waals surface area contributed by atoms with Crippen LogP contribution in [-0.2, 0) is 5.41 Å². The van der Waals surface area contributed by atoms with Gasteiger partial charge >= 0.3 is 0 Å². The molecule has 0 heterocycles. The Bertz CT molecular complexity index is 439. The van der Waals surface area contributed by atoms with Crippen molar-refractivity contribution in [2.45, 2.75) is 38.0 Å². The summed E-state index contributed by atoms with van der Waals surface area (Å²) >= 11 is 0. The highest BCUT2D eigenvalue weighted by Crippen LogP contribution is 2.46. The SMILES string of the molecule is CCOc1cc(C2(CN)CCCC2)cc(O)c1OC. The van der Waals surface area contributed by atoms with Gasteiger partial charge in [-0.25, -0.2) is 0 Å². The van der Waals surface area contributed by atoms with Crippen molar-refractivity contribution in [1.82, 2.24) is 0 Å². The number of benzene rings is 1. The molecule has 0 aromatic heterocycles. The van der Waals surface area contributed by atoms with Crippen LogP contribution in [-0.4, -0.2) is 25.4 Å². The van der Waals surface area contributed by atoms with E-state index in [4.69, 9.17) is 15.2 Å². The van der Waals surface area contributed by atoms with Gasteiger partial charge < -0.3 is 20.3 Å². The summed E-state index contributed by atoms with van der Waals surface area (Å²) in [4.78, 5) is 0. The molecule has 0 saturated heterocycles. The third-order valence-electron chi connectivity index (χ3n) is 4.10. The van der Waals surface area contributed by atoms with Crippen LogP contribution in [0.1, 0.15) is 38.2 Å². The molecule has 106 valence electrons. The molecular formula is C15H23NO3. The van der Waals surface area contributed by atoms with Crippen molar-refractivity contribution in [2.24, 2.45) is 5.73 Å². The third kappa shape index (κ3) is 2.50. The topological polar surface area (TPSA) is 64.7 Å². The first-order valence-electron chi connectivity index (χ1n) is 6.91. The number of aromatic hydroxyl groups is 1. The molecule has 19 heavy (non-hydrogen) atoms. The number of ether oxygens (including phenoxy) is 2. The lowest BCUT2D eigenvalue weighted by Crippen LogP contribution is -2.32. The van der Waals surface area contributed by atoms with Crippen molar-refractivity contribution in [3.63, 3.8) is 0 Å². The van der Waals surface area contributed by atoms with Crippen molar-refractivity contribution in [1.29, 1.82) is 0 Å². The summed E-state index contributed by atoms with van der Waals surface area (Å²) < 4.78 is 10.8. The fourth-order valence-electron chi connectivity index (χ4n) is 3.02. The van der Waals surface area contributed by atoms with Gasteiger partial charge in [0.1, 0.15) is 0 Å². The van der Waals surface area contributed by atoms with Gasteiger partial charge in [0.2, 0.25) is 5.75 Å². The van der Waals surface area contributed by atoms with Gasteiger partial charge in [0.15, 0.2) is 11.5 Å². The molecule has 1 aliphatic carbocycles. The molecule has 1 fully saturated rings. The maximum absolute atomic E-state index is 10.1. The minimum Gasteiger partial charge on any atom is -0.504 e. The Morgan fingerprint density at radius 3 is 2.53 bits per heavy atom. The Hall–Kier alpha value is -1.42. The van der Waals surface area contributed by atoms with Gasteiger partial charge in [-0.15, -0.1) is 0 Å². The van der Waals surface area contributed by atoms with Gasteiger partial charge in [-0.3, -0.25) is 0 Å². The first-order chi connectivity index (χ1) is 9.16. The molecule has 0 atom stereocenters. The molecule has 0 unspecified atom stereocenters. The zero-order valence-corrected chi connectivity index (χ0v) is 11.7. The largest absolute Gasteiger partial charge is 0.504 e. The van der Waals surface area contributed by atoms with Crippen LogP contribution in [0.4, 0.5) is 0 Å². The molecule has 0 amide bonds. The molecule has 1 saturated carbocycles. The van der Waals surface area contributed by atoms with Crippen LogP contribution in [0.15, 0.2) is 12.1 Å². The van der Waals surface area contributed by atoms with E-state index in [1.807, 2.05) is 13.0 Å². The van der Waals surface area contributed by atoms with E-state index in [2.05, 4.69) is 0 Å². The summed E-state index contributed by atoms with van der Waals surface area (Å²) in [5.41, 5.74) is 7.04. The van der Waals surface area contributed by atoms with E-state index >= 15 is 0 Å². The molecule has 1 aromatic carbocycles. The van der Waals surface area contributed by atoms with Crippen LogP contribution in [0.3, 0.4) is 0 Å². The van der Waals surface area contributed by atoms with Crippen LogP contribution in [0.5, 0.6) is 17.2 Å². The number of phenolic OH excluding ortho intramolecular Hbond substituents is 1. The molecule has 3 N–H and O–H groups in total. The number of hydrogen-bond donors (Lipinski definition) is 2. The third-order valence-corrected chi connectivity index (χ3v) is 4.10. The molecular weight excluding hydrogens is 242 g/mol. The lowest BCUT2D eigenvalue weighted by molar-refractivity contribution is 0.298. The van der Waals surface area contributed by atoms with E-state index in [1.54, 1.807) is 6.07 Å². The van der Waals surface area contributed by atoms with Gasteiger partial charge in [0, 0.05) is 12.0 Å². The fraction of sp³-hybridized carbons (Fsp3) is 0.600. The molecule has 0 bridgehead atoms. The smallest absolute Gasteiger partial charge is 0.203 e. The van der Waals surface area contributed by atoms with Crippen LogP contribution < -0.4 is 15.2 Å². The van der Waals surface area contributed by atoms with Crippen molar-refractivity contribution >= 4 is 0 Å². The molecule has 0 radical (unpaired) electrons. The molecule has 2 rings (SSSR count).